The van der Waals surface area contributed by atoms with Crippen LogP contribution in [0.15, 0.2) is 48.8 Å². The lowest BCUT2D eigenvalue weighted by atomic mass is 10.0. The molecule has 1 amide bonds. The number of amides is 1. The molecule has 0 atom stereocenters. The maximum Gasteiger partial charge on any atom is 0.255 e. The van der Waals surface area contributed by atoms with E-state index in [0.717, 1.165) is 38.2 Å². The lowest BCUT2D eigenvalue weighted by Crippen LogP contribution is -2.39. The van der Waals surface area contributed by atoms with Crippen molar-refractivity contribution >= 4 is 16.8 Å². The summed E-state index contributed by atoms with van der Waals surface area (Å²) in [5, 5.41) is 10.1. The van der Waals surface area contributed by atoms with Crippen LogP contribution in [0.3, 0.4) is 0 Å². The molecule has 0 unspecified atom stereocenters. The fourth-order valence-corrected chi connectivity index (χ4v) is 5.15. The van der Waals surface area contributed by atoms with Gasteiger partial charge in [0.1, 0.15) is 17.5 Å². The number of piperidine rings is 1. The molecule has 3 aromatic rings. The van der Waals surface area contributed by atoms with E-state index in [1.165, 1.54) is 43.0 Å². The molecule has 5 rings (SSSR count). The molecule has 0 saturated carbocycles. The summed E-state index contributed by atoms with van der Waals surface area (Å²) in [7, 11) is 0. The lowest BCUT2D eigenvalue weighted by molar-refractivity contribution is 0.0695. The number of carbonyl (C=O) groups is 1. The van der Waals surface area contributed by atoms with Crippen molar-refractivity contribution in [3.63, 3.8) is 0 Å². The summed E-state index contributed by atoms with van der Waals surface area (Å²) >= 11 is 0. The fourth-order valence-electron chi connectivity index (χ4n) is 5.15. The average Bonchev–Trinajstić information content (AvgIpc) is 3.56. The van der Waals surface area contributed by atoms with E-state index in [1.54, 1.807) is 12.1 Å². The van der Waals surface area contributed by atoms with Crippen LogP contribution in [0.2, 0.25) is 0 Å². The lowest BCUT2D eigenvalue weighted by Gasteiger charge is -2.33. The molecule has 1 aromatic carbocycles. The summed E-state index contributed by atoms with van der Waals surface area (Å²) in [5.41, 5.74) is 2.08. The number of hydrogen-bond acceptors (Lipinski definition) is 5. The first-order valence-electron chi connectivity index (χ1n) is 12.3. The number of pyridine rings is 1. The molecule has 2 aliphatic rings. The third-order valence-corrected chi connectivity index (χ3v) is 7.05. The SMILES string of the molecule is N#Cc1ccc(C(=O)N2CCC(n3ccc4cc(OCCCN5CCCC5)ccc43)CC2)cn1. The molecule has 2 saturated heterocycles. The van der Waals surface area contributed by atoms with Gasteiger partial charge in [-0.05, 0) is 81.6 Å². The molecule has 2 fully saturated rings. The molecule has 7 nitrogen and oxygen atoms in total. The maximum atomic E-state index is 12.8. The van der Waals surface area contributed by atoms with Gasteiger partial charge in [0.25, 0.3) is 5.91 Å². The zero-order valence-electron chi connectivity index (χ0n) is 19.5. The second-order valence-corrected chi connectivity index (χ2v) is 9.26. The van der Waals surface area contributed by atoms with Gasteiger partial charge in [-0.25, -0.2) is 4.98 Å². The van der Waals surface area contributed by atoms with Gasteiger partial charge in [-0.2, -0.15) is 5.26 Å². The zero-order chi connectivity index (χ0) is 23.3. The molecule has 0 N–H and O–H groups in total. The quantitative estimate of drug-likeness (QED) is 0.496. The first-order chi connectivity index (χ1) is 16.7. The summed E-state index contributed by atoms with van der Waals surface area (Å²) in [6.07, 6.45) is 9.21. The second kappa shape index (κ2) is 10.3. The number of aromatic nitrogens is 2. The van der Waals surface area contributed by atoms with Gasteiger partial charge >= 0.3 is 0 Å². The molecule has 0 radical (unpaired) electrons. The Morgan fingerprint density at radius 2 is 1.91 bits per heavy atom. The van der Waals surface area contributed by atoms with E-state index in [4.69, 9.17) is 10.00 Å². The molecule has 0 spiro atoms. The van der Waals surface area contributed by atoms with E-state index >= 15 is 0 Å². The summed E-state index contributed by atoms with van der Waals surface area (Å²) in [6.45, 7) is 5.77. The molecular weight excluding hydrogens is 426 g/mol. The van der Waals surface area contributed by atoms with Crippen LogP contribution in [0.5, 0.6) is 5.75 Å². The van der Waals surface area contributed by atoms with E-state index in [-0.39, 0.29) is 5.91 Å². The van der Waals surface area contributed by atoms with Crippen LogP contribution in [-0.2, 0) is 0 Å². The Labute approximate surface area is 200 Å². The molecule has 176 valence electrons. The highest BCUT2D eigenvalue weighted by Crippen LogP contribution is 2.30. The third kappa shape index (κ3) is 4.92. The van der Waals surface area contributed by atoms with Gasteiger partial charge < -0.3 is 19.1 Å². The number of nitriles is 1. The standard InChI is InChI=1S/C27H31N5O2/c28-19-23-5-4-22(20-29-23)27(33)31-14-9-24(10-15-31)32-16-8-21-18-25(6-7-26(21)32)34-17-3-13-30-11-1-2-12-30/h4-8,16,18,20,24H,1-3,9-15,17H2. The number of benzene rings is 1. The van der Waals surface area contributed by atoms with Crippen LogP contribution in [0, 0.1) is 11.3 Å². The first kappa shape index (κ1) is 22.4. The Balaban J connectivity index is 1.15. The minimum Gasteiger partial charge on any atom is -0.494 e. The van der Waals surface area contributed by atoms with Gasteiger partial charge in [0.05, 0.1) is 12.2 Å². The monoisotopic (exact) mass is 457 g/mol. The number of hydrogen-bond donors (Lipinski definition) is 0. The van der Waals surface area contributed by atoms with E-state index < -0.39 is 0 Å². The Morgan fingerprint density at radius 1 is 1.09 bits per heavy atom. The van der Waals surface area contributed by atoms with Crippen molar-refractivity contribution in [3.8, 4) is 11.8 Å². The van der Waals surface area contributed by atoms with Crippen molar-refractivity contribution in [1.29, 1.82) is 5.26 Å². The van der Waals surface area contributed by atoms with Crippen molar-refractivity contribution < 1.29 is 9.53 Å². The smallest absolute Gasteiger partial charge is 0.255 e. The van der Waals surface area contributed by atoms with Crippen LogP contribution < -0.4 is 4.74 Å². The summed E-state index contributed by atoms with van der Waals surface area (Å²) in [6, 6.07) is 14.2. The molecule has 2 aromatic heterocycles. The number of rotatable bonds is 7. The highest BCUT2D eigenvalue weighted by Gasteiger charge is 2.25. The molecule has 2 aliphatic heterocycles. The van der Waals surface area contributed by atoms with Crippen LogP contribution in [-0.4, -0.2) is 64.6 Å². The highest BCUT2D eigenvalue weighted by atomic mass is 16.5. The van der Waals surface area contributed by atoms with Crippen LogP contribution in [0.25, 0.3) is 10.9 Å². The Morgan fingerprint density at radius 3 is 2.65 bits per heavy atom. The van der Waals surface area contributed by atoms with Crippen LogP contribution >= 0.6 is 0 Å². The Hall–Kier alpha value is -3.37. The van der Waals surface area contributed by atoms with Crippen molar-refractivity contribution in [2.45, 2.75) is 38.1 Å². The topological polar surface area (TPSA) is 74.4 Å². The predicted molar refractivity (Wildman–Crippen MR) is 131 cm³/mol. The van der Waals surface area contributed by atoms with Gasteiger partial charge in [0.15, 0.2) is 0 Å². The molecule has 34 heavy (non-hydrogen) atoms. The normalized spacial score (nSPS) is 17.2. The summed E-state index contributed by atoms with van der Waals surface area (Å²) in [4.78, 5) is 21.2. The van der Waals surface area contributed by atoms with Gasteiger partial charge in [0.2, 0.25) is 0 Å². The van der Waals surface area contributed by atoms with E-state index in [1.807, 2.05) is 11.0 Å². The number of nitrogens with zero attached hydrogens (tertiary/aromatic N) is 5. The third-order valence-electron chi connectivity index (χ3n) is 7.05. The minimum absolute atomic E-state index is 0.0145. The molecular formula is C27H31N5O2. The molecule has 0 bridgehead atoms. The molecule has 0 aliphatic carbocycles. The Bertz CT molecular complexity index is 1170. The van der Waals surface area contributed by atoms with Gasteiger partial charge in [-0.15, -0.1) is 0 Å². The first-order valence-corrected chi connectivity index (χ1v) is 12.3. The maximum absolute atomic E-state index is 12.8. The largest absolute Gasteiger partial charge is 0.494 e. The fraction of sp³-hybridized carbons (Fsp3) is 0.444. The number of likely N-dealkylation sites (tertiary alicyclic amines) is 2. The number of fused-ring (bicyclic) bond motifs is 1. The van der Waals surface area contributed by atoms with Gasteiger partial charge in [-0.3, -0.25) is 4.79 Å². The number of carbonyl (C=O) groups excluding carboxylic acids is 1. The van der Waals surface area contributed by atoms with E-state index in [9.17, 15) is 4.79 Å². The number of ether oxygens (including phenoxy) is 1. The minimum atomic E-state index is -0.0145. The second-order valence-electron chi connectivity index (χ2n) is 9.26. The van der Waals surface area contributed by atoms with Crippen molar-refractivity contribution in [2.75, 3.05) is 39.3 Å². The van der Waals surface area contributed by atoms with Crippen LogP contribution in [0.1, 0.15) is 54.2 Å². The van der Waals surface area contributed by atoms with Crippen LogP contribution in [0.4, 0.5) is 0 Å². The van der Waals surface area contributed by atoms with Crippen molar-refractivity contribution in [3.05, 3.63) is 60.0 Å². The average molecular weight is 458 g/mol. The van der Waals surface area contributed by atoms with E-state index in [0.29, 0.717) is 30.4 Å². The van der Waals surface area contributed by atoms with Gasteiger partial charge in [-0.1, -0.05) is 0 Å². The molecule has 4 heterocycles. The highest BCUT2D eigenvalue weighted by molar-refractivity contribution is 5.94. The Kier molecular flexibility index (Phi) is 6.77. The molecule has 7 heteroatoms. The predicted octanol–water partition coefficient (Wildman–Crippen LogP) is 4.25. The summed E-state index contributed by atoms with van der Waals surface area (Å²) < 4.78 is 8.37. The van der Waals surface area contributed by atoms with Crippen molar-refractivity contribution in [1.82, 2.24) is 19.4 Å². The summed E-state index contributed by atoms with van der Waals surface area (Å²) in [5.74, 6) is 0.919. The zero-order valence-corrected chi connectivity index (χ0v) is 19.5. The van der Waals surface area contributed by atoms with Gasteiger partial charge in [0, 0.05) is 49.0 Å². The van der Waals surface area contributed by atoms with E-state index in [2.05, 4.69) is 44.9 Å². The van der Waals surface area contributed by atoms with Crippen molar-refractivity contribution in [2.24, 2.45) is 0 Å².